The van der Waals surface area contributed by atoms with E-state index in [-0.39, 0.29) is 11.8 Å². The summed E-state index contributed by atoms with van der Waals surface area (Å²) in [6.45, 7) is 2.35. The number of primary amides is 1. The van der Waals surface area contributed by atoms with Crippen molar-refractivity contribution in [3.8, 4) is 5.75 Å². The maximum atomic E-state index is 13.7. The second kappa shape index (κ2) is 8.99. The minimum atomic E-state index is -0.831. The van der Waals surface area contributed by atoms with Crippen molar-refractivity contribution in [2.24, 2.45) is 23.1 Å². The predicted octanol–water partition coefficient (Wildman–Crippen LogP) is 3.48. The topological polar surface area (TPSA) is 139 Å². The van der Waals surface area contributed by atoms with Crippen molar-refractivity contribution in [3.63, 3.8) is 0 Å². The monoisotopic (exact) mass is 529 g/mol. The summed E-state index contributed by atoms with van der Waals surface area (Å²) in [6, 6.07) is 13.9. The van der Waals surface area contributed by atoms with Crippen LogP contribution in [0, 0.1) is 5.92 Å². The molecule has 2 fully saturated rings. The lowest BCUT2D eigenvalue weighted by Gasteiger charge is -2.38. The fourth-order valence-electron chi connectivity index (χ4n) is 7.13. The Balaban J connectivity index is 1.28. The van der Waals surface area contributed by atoms with Crippen molar-refractivity contribution in [1.29, 1.82) is 0 Å². The van der Waals surface area contributed by atoms with Gasteiger partial charge in [-0.1, -0.05) is 18.2 Å². The standard InChI is InChI=1S/C30H35N5O4/c31-27-21-12-19(28(36)34-10-3-5-20(16-34)39-29(32)37)13-24-26(21)22(9-11-38-24)30(27,33)25-14-18-4-1-2-6-23(18)35(25)15-17-7-8-17/h1-2,4,6,12-14,17,20,22,27H,3,5,7-11,15-16,31,33H2,(H2,32,37)/t20-,22?,27?,30-/m1/s1. The average Bonchev–Trinajstić information content (AvgIpc) is 3.64. The number of rotatable bonds is 5. The molecule has 9 heteroatoms. The zero-order chi connectivity index (χ0) is 26.9. The number of piperidine rings is 1. The van der Waals surface area contributed by atoms with Gasteiger partial charge in [0.25, 0.3) is 5.91 Å². The second-order valence-electron chi connectivity index (χ2n) is 11.7. The Morgan fingerprint density at radius 2 is 1.92 bits per heavy atom. The van der Waals surface area contributed by atoms with Gasteiger partial charge in [0.2, 0.25) is 0 Å². The fraction of sp³-hybridized carbons (Fsp3) is 0.467. The van der Waals surface area contributed by atoms with Crippen LogP contribution in [0.4, 0.5) is 4.79 Å². The first-order chi connectivity index (χ1) is 18.8. The second-order valence-corrected chi connectivity index (χ2v) is 11.7. The van der Waals surface area contributed by atoms with Crippen LogP contribution in [0.15, 0.2) is 42.5 Å². The highest BCUT2D eigenvalue weighted by Gasteiger charge is 2.54. The van der Waals surface area contributed by atoms with Gasteiger partial charge in [-0.3, -0.25) is 4.79 Å². The Hall–Kier alpha value is -3.56. The summed E-state index contributed by atoms with van der Waals surface area (Å²) in [5.41, 5.74) is 23.6. The largest absolute Gasteiger partial charge is 0.493 e. The van der Waals surface area contributed by atoms with Crippen LogP contribution >= 0.6 is 0 Å². The van der Waals surface area contributed by atoms with Gasteiger partial charge in [-0.05, 0) is 73.2 Å². The van der Waals surface area contributed by atoms with Crippen molar-refractivity contribution < 1.29 is 19.1 Å². The molecule has 3 heterocycles. The molecule has 204 valence electrons. The number of carbonyl (C=O) groups is 2. The van der Waals surface area contributed by atoms with Gasteiger partial charge < -0.3 is 36.1 Å². The van der Waals surface area contributed by atoms with Gasteiger partial charge in [0.15, 0.2) is 0 Å². The van der Waals surface area contributed by atoms with E-state index in [2.05, 4.69) is 34.9 Å². The number of hydrogen-bond acceptors (Lipinski definition) is 6. The third-order valence-corrected chi connectivity index (χ3v) is 9.20. The lowest BCUT2D eigenvalue weighted by molar-refractivity contribution is 0.0373. The SMILES string of the molecule is NC(=O)O[C@@H]1CCCN(C(=O)c2cc3c4c(c2)C(N)[C@](N)(c2cc5ccccc5n2CC2CC2)C4CCO3)C1. The van der Waals surface area contributed by atoms with Crippen LogP contribution in [-0.4, -0.2) is 47.3 Å². The molecular weight excluding hydrogens is 494 g/mol. The van der Waals surface area contributed by atoms with Gasteiger partial charge >= 0.3 is 6.09 Å². The molecular formula is C30H35N5O4. The Morgan fingerprint density at radius 3 is 2.72 bits per heavy atom. The molecule has 3 aromatic rings. The first-order valence-electron chi connectivity index (χ1n) is 14.0. The van der Waals surface area contributed by atoms with Crippen LogP contribution in [-0.2, 0) is 16.8 Å². The zero-order valence-electron chi connectivity index (χ0n) is 22.0. The number of ether oxygens (including phenoxy) is 2. The van der Waals surface area contributed by atoms with E-state index in [4.69, 9.17) is 26.7 Å². The third kappa shape index (κ3) is 3.90. The molecule has 2 unspecified atom stereocenters. The van der Waals surface area contributed by atoms with E-state index in [0.717, 1.165) is 36.2 Å². The van der Waals surface area contributed by atoms with Gasteiger partial charge in [0.05, 0.1) is 24.7 Å². The minimum absolute atomic E-state index is 0.0130. The molecule has 2 aliphatic heterocycles. The van der Waals surface area contributed by atoms with Crippen LogP contribution in [0.2, 0.25) is 0 Å². The smallest absolute Gasteiger partial charge is 0.404 e. The van der Waals surface area contributed by atoms with E-state index in [1.807, 2.05) is 12.1 Å². The molecule has 6 N–H and O–H groups in total. The van der Waals surface area contributed by atoms with Crippen molar-refractivity contribution >= 4 is 22.9 Å². The molecule has 0 radical (unpaired) electrons. The Bertz CT molecular complexity index is 1480. The van der Waals surface area contributed by atoms with Gasteiger partial charge in [0.1, 0.15) is 11.9 Å². The van der Waals surface area contributed by atoms with Crippen molar-refractivity contribution in [3.05, 3.63) is 64.8 Å². The molecule has 1 aromatic heterocycles. The highest BCUT2D eigenvalue weighted by atomic mass is 16.6. The summed E-state index contributed by atoms with van der Waals surface area (Å²) < 4.78 is 13.7. The van der Waals surface area contributed by atoms with E-state index >= 15 is 0 Å². The Morgan fingerprint density at radius 1 is 1.10 bits per heavy atom. The summed E-state index contributed by atoms with van der Waals surface area (Å²) in [5.74, 6) is 1.22. The summed E-state index contributed by atoms with van der Waals surface area (Å²) in [4.78, 5) is 26.6. The minimum Gasteiger partial charge on any atom is -0.493 e. The van der Waals surface area contributed by atoms with E-state index in [9.17, 15) is 9.59 Å². The van der Waals surface area contributed by atoms with Crippen molar-refractivity contribution in [2.45, 2.75) is 62.3 Å². The van der Waals surface area contributed by atoms with Gasteiger partial charge in [0, 0.05) is 41.3 Å². The molecule has 4 aliphatic rings. The van der Waals surface area contributed by atoms with Crippen molar-refractivity contribution in [1.82, 2.24) is 9.47 Å². The van der Waals surface area contributed by atoms with Gasteiger partial charge in [-0.25, -0.2) is 4.79 Å². The van der Waals surface area contributed by atoms with E-state index in [1.54, 1.807) is 4.90 Å². The summed E-state index contributed by atoms with van der Waals surface area (Å²) in [6.07, 6.45) is 3.44. The van der Waals surface area contributed by atoms with E-state index < -0.39 is 23.8 Å². The lowest BCUT2D eigenvalue weighted by atomic mass is 9.77. The summed E-state index contributed by atoms with van der Waals surface area (Å²) in [7, 11) is 0. The molecule has 1 saturated carbocycles. The quantitative estimate of drug-likeness (QED) is 0.462. The van der Waals surface area contributed by atoms with E-state index in [0.29, 0.717) is 43.3 Å². The highest BCUT2D eigenvalue weighted by Crippen LogP contribution is 2.58. The van der Waals surface area contributed by atoms with Crippen molar-refractivity contribution in [2.75, 3.05) is 19.7 Å². The number of aromatic nitrogens is 1. The third-order valence-electron chi connectivity index (χ3n) is 9.20. The molecule has 1 saturated heterocycles. The Labute approximate surface area is 227 Å². The summed E-state index contributed by atoms with van der Waals surface area (Å²) >= 11 is 0. The van der Waals surface area contributed by atoms with Crippen LogP contribution in [0.5, 0.6) is 5.75 Å². The maximum absolute atomic E-state index is 13.7. The number of hydrogen-bond donors (Lipinski definition) is 3. The van der Waals surface area contributed by atoms with E-state index in [1.165, 1.54) is 23.7 Å². The number of fused-ring (bicyclic) bond motifs is 1. The van der Waals surface area contributed by atoms with Crippen LogP contribution < -0.4 is 21.9 Å². The maximum Gasteiger partial charge on any atom is 0.404 e. The number of nitrogens with two attached hydrogens (primary N) is 3. The summed E-state index contributed by atoms with van der Waals surface area (Å²) in [5, 5.41) is 1.17. The predicted molar refractivity (Wildman–Crippen MR) is 146 cm³/mol. The number of benzene rings is 2. The average molecular weight is 530 g/mol. The molecule has 0 spiro atoms. The molecule has 4 atom stereocenters. The van der Waals surface area contributed by atoms with Crippen LogP contribution in [0.3, 0.4) is 0 Å². The van der Waals surface area contributed by atoms with Gasteiger partial charge in [-0.15, -0.1) is 0 Å². The van der Waals surface area contributed by atoms with Crippen LogP contribution in [0.25, 0.3) is 10.9 Å². The fourth-order valence-corrected chi connectivity index (χ4v) is 7.13. The Kier molecular flexibility index (Phi) is 5.64. The molecule has 2 amide bonds. The number of nitrogens with zero attached hydrogens (tertiary/aromatic N) is 2. The first kappa shape index (κ1) is 24.5. The molecule has 0 bridgehead atoms. The molecule has 2 aromatic carbocycles. The first-order valence-corrected chi connectivity index (χ1v) is 14.0. The molecule has 9 nitrogen and oxygen atoms in total. The lowest BCUT2D eigenvalue weighted by Crippen LogP contribution is -2.49. The molecule has 39 heavy (non-hydrogen) atoms. The number of para-hydroxylation sites is 1. The highest BCUT2D eigenvalue weighted by molar-refractivity contribution is 5.95. The number of amides is 2. The molecule has 7 rings (SSSR count). The van der Waals surface area contributed by atoms with Gasteiger partial charge in [-0.2, -0.15) is 0 Å². The number of carbonyl (C=O) groups excluding carboxylic acids is 2. The van der Waals surface area contributed by atoms with Crippen LogP contribution in [0.1, 0.15) is 71.2 Å². The zero-order valence-corrected chi connectivity index (χ0v) is 22.0. The molecule has 2 aliphatic carbocycles. The normalized spacial score (nSPS) is 27.7. The number of likely N-dealkylation sites (tertiary alicyclic amines) is 1.